The smallest absolute Gasteiger partial charge is 0.496 e. The summed E-state index contributed by atoms with van der Waals surface area (Å²) in [6.07, 6.45) is -7.62. The summed E-state index contributed by atoms with van der Waals surface area (Å²) < 4.78 is 57.9. The van der Waals surface area contributed by atoms with Crippen molar-refractivity contribution in [2.24, 2.45) is 0 Å². The number of benzene rings is 2. The van der Waals surface area contributed by atoms with Crippen LogP contribution in [0.5, 0.6) is 28.7 Å². The summed E-state index contributed by atoms with van der Waals surface area (Å²) >= 11 is 0. The van der Waals surface area contributed by atoms with Gasteiger partial charge in [0.25, 0.3) is 5.91 Å². The van der Waals surface area contributed by atoms with E-state index < -0.39 is 59.4 Å². The fourth-order valence-electron chi connectivity index (χ4n) is 4.05. The predicted molar refractivity (Wildman–Crippen MR) is 143 cm³/mol. The Morgan fingerprint density at radius 1 is 0.951 bits per heavy atom. The fraction of sp³-hybridized carbons (Fsp3) is 0.500. The molecular weight excluding hydrogens is 566 g/mol. The lowest BCUT2D eigenvalue weighted by molar-refractivity contribution is -0.277. The molecule has 1 heterocycles. The van der Waals surface area contributed by atoms with Gasteiger partial charge in [-0.3, -0.25) is 4.79 Å². The van der Waals surface area contributed by atoms with Gasteiger partial charge in [0.2, 0.25) is 6.29 Å². The summed E-state index contributed by atoms with van der Waals surface area (Å²) in [5, 5.41) is 42.6. The normalized spacial score (nSPS) is 22.6. The minimum atomic E-state index is -4.89. The zero-order valence-electron chi connectivity index (χ0n) is 23.1. The van der Waals surface area contributed by atoms with Crippen molar-refractivity contribution >= 4 is 16.3 Å². The number of ether oxygens (including phenoxy) is 4. The standard InChI is InChI=1S/C26H35NO13S/c1-6-16-18(35-4)10-15(11-19(16)36-5)39-41(33,34)40-20-9-14(25(32)27-13(2)3)7-8-17(20)37-26-24(31)23(30)22(29)21(12-28)38-26/h7-11,13,21-24,26,28-31H,6,12H2,1-5H3,(H,27,32)/t21-,22+,23+,24-,26?/m1/s1. The minimum Gasteiger partial charge on any atom is -0.496 e. The number of aliphatic hydroxyl groups is 4. The number of rotatable bonds is 12. The van der Waals surface area contributed by atoms with Crippen LogP contribution in [0.4, 0.5) is 0 Å². The van der Waals surface area contributed by atoms with E-state index in [1.54, 1.807) is 13.8 Å². The zero-order chi connectivity index (χ0) is 30.5. The lowest BCUT2D eigenvalue weighted by Crippen LogP contribution is -2.60. The van der Waals surface area contributed by atoms with Crippen molar-refractivity contribution < 1.29 is 61.0 Å². The first-order valence-electron chi connectivity index (χ1n) is 12.6. The lowest BCUT2D eigenvalue weighted by Gasteiger charge is -2.39. The molecule has 2 aromatic carbocycles. The molecule has 5 N–H and O–H groups in total. The van der Waals surface area contributed by atoms with E-state index in [2.05, 4.69) is 5.32 Å². The Hall–Kier alpha value is -3.34. The Morgan fingerprint density at radius 3 is 2.12 bits per heavy atom. The number of amides is 1. The number of methoxy groups -OCH3 is 2. The molecule has 228 valence electrons. The molecule has 15 heteroatoms. The highest BCUT2D eigenvalue weighted by Crippen LogP contribution is 2.37. The van der Waals surface area contributed by atoms with Gasteiger partial charge in [-0.05, 0) is 38.5 Å². The van der Waals surface area contributed by atoms with Gasteiger partial charge in [-0.15, -0.1) is 8.42 Å². The number of hydrogen-bond acceptors (Lipinski definition) is 13. The van der Waals surface area contributed by atoms with Gasteiger partial charge in [0.15, 0.2) is 17.2 Å². The highest BCUT2D eigenvalue weighted by Gasteiger charge is 2.45. The molecule has 1 aliphatic heterocycles. The third-order valence-electron chi connectivity index (χ3n) is 6.04. The van der Waals surface area contributed by atoms with Crippen LogP contribution >= 0.6 is 0 Å². The second kappa shape index (κ2) is 13.5. The number of aliphatic hydroxyl groups excluding tert-OH is 4. The van der Waals surface area contributed by atoms with Crippen molar-refractivity contribution in [2.75, 3.05) is 20.8 Å². The van der Waals surface area contributed by atoms with Crippen LogP contribution in [0, 0.1) is 0 Å². The Labute approximate surface area is 237 Å². The molecule has 3 rings (SSSR count). The monoisotopic (exact) mass is 601 g/mol. The van der Waals surface area contributed by atoms with Crippen LogP contribution in [0.25, 0.3) is 0 Å². The maximum absolute atomic E-state index is 13.0. The average molecular weight is 602 g/mol. The molecule has 0 aliphatic carbocycles. The molecule has 1 unspecified atom stereocenters. The van der Waals surface area contributed by atoms with Crippen molar-refractivity contribution in [3.05, 3.63) is 41.5 Å². The van der Waals surface area contributed by atoms with Crippen LogP contribution < -0.4 is 27.9 Å². The molecule has 0 bridgehead atoms. The molecule has 14 nitrogen and oxygen atoms in total. The number of hydrogen-bond donors (Lipinski definition) is 5. The molecule has 0 aromatic heterocycles. The van der Waals surface area contributed by atoms with E-state index in [-0.39, 0.29) is 23.1 Å². The van der Waals surface area contributed by atoms with Gasteiger partial charge in [0.1, 0.15) is 35.9 Å². The largest absolute Gasteiger partial charge is 0.501 e. The third-order valence-corrected chi connectivity index (χ3v) is 6.82. The third kappa shape index (κ3) is 7.69. The zero-order valence-corrected chi connectivity index (χ0v) is 24.0. The Morgan fingerprint density at radius 2 is 1.59 bits per heavy atom. The van der Waals surface area contributed by atoms with E-state index in [1.165, 1.54) is 38.5 Å². The molecule has 1 aliphatic rings. The number of carbonyl (C=O) groups is 1. The van der Waals surface area contributed by atoms with E-state index in [0.717, 1.165) is 6.07 Å². The first-order valence-corrected chi connectivity index (χ1v) is 14.0. The van der Waals surface area contributed by atoms with Crippen LogP contribution in [-0.2, 0) is 21.6 Å². The van der Waals surface area contributed by atoms with E-state index >= 15 is 0 Å². The molecule has 1 fully saturated rings. The van der Waals surface area contributed by atoms with Gasteiger partial charge in [-0.25, -0.2) is 0 Å². The van der Waals surface area contributed by atoms with Crippen molar-refractivity contribution in [2.45, 2.75) is 63.9 Å². The van der Waals surface area contributed by atoms with Crippen LogP contribution in [-0.4, -0.2) is 92.3 Å². The van der Waals surface area contributed by atoms with Crippen molar-refractivity contribution in [3.8, 4) is 28.7 Å². The molecule has 41 heavy (non-hydrogen) atoms. The van der Waals surface area contributed by atoms with Crippen molar-refractivity contribution in [1.82, 2.24) is 5.32 Å². The van der Waals surface area contributed by atoms with Gasteiger partial charge in [0, 0.05) is 29.3 Å². The average Bonchev–Trinajstić information content (AvgIpc) is 2.92. The molecular formula is C26H35NO13S. The van der Waals surface area contributed by atoms with E-state index in [1.807, 2.05) is 6.92 Å². The molecule has 5 atom stereocenters. The number of carbonyl (C=O) groups excluding carboxylic acids is 1. The van der Waals surface area contributed by atoms with E-state index in [4.69, 9.17) is 27.3 Å². The SMILES string of the molecule is CCc1c(OC)cc(OS(=O)(=O)Oc2cc(C(=O)NC(C)C)ccc2OC2O[C@H](CO)[C@H](O)[C@H](O)[C@H]2O)cc1OC. The molecule has 1 amide bonds. The van der Waals surface area contributed by atoms with Gasteiger partial charge in [0.05, 0.1) is 20.8 Å². The quantitative estimate of drug-likeness (QED) is 0.223. The maximum atomic E-state index is 13.0. The fourth-order valence-corrected chi connectivity index (χ4v) is 4.76. The molecule has 1 saturated heterocycles. The minimum absolute atomic E-state index is 0.000639. The van der Waals surface area contributed by atoms with Crippen molar-refractivity contribution in [3.63, 3.8) is 0 Å². The molecule has 0 saturated carbocycles. The van der Waals surface area contributed by atoms with Crippen molar-refractivity contribution in [1.29, 1.82) is 0 Å². The van der Waals surface area contributed by atoms with E-state index in [9.17, 15) is 33.6 Å². The summed E-state index contributed by atoms with van der Waals surface area (Å²) in [5.74, 6) is -0.971. The first kappa shape index (κ1) is 32.2. The Kier molecular flexibility index (Phi) is 10.6. The topological polar surface area (TPSA) is 200 Å². The van der Waals surface area contributed by atoms with Gasteiger partial charge in [-0.2, -0.15) is 0 Å². The lowest BCUT2D eigenvalue weighted by atomic mass is 9.99. The van der Waals surface area contributed by atoms with Gasteiger partial charge in [-0.1, -0.05) is 6.92 Å². The molecule has 0 radical (unpaired) electrons. The van der Waals surface area contributed by atoms with Crippen LogP contribution in [0.15, 0.2) is 30.3 Å². The highest BCUT2D eigenvalue weighted by atomic mass is 32.3. The summed E-state index contributed by atoms with van der Waals surface area (Å²) in [6, 6.07) is 5.99. The molecule has 0 spiro atoms. The Bertz CT molecular complexity index is 1290. The number of nitrogens with one attached hydrogen (secondary N) is 1. The summed E-state index contributed by atoms with van der Waals surface area (Å²) in [6.45, 7) is 4.61. The summed E-state index contributed by atoms with van der Waals surface area (Å²) in [5.41, 5.74) is 0.681. The van der Waals surface area contributed by atoms with Crippen LogP contribution in [0.1, 0.15) is 36.7 Å². The van der Waals surface area contributed by atoms with Crippen LogP contribution in [0.2, 0.25) is 0 Å². The highest BCUT2D eigenvalue weighted by molar-refractivity contribution is 7.82. The maximum Gasteiger partial charge on any atom is 0.501 e. The van der Waals surface area contributed by atoms with Gasteiger partial charge >= 0.3 is 10.4 Å². The predicted octanol–water partition coefficient (Wildman–Crippen LogP) is 0.286. The second-order valence-corrected chi connectivity index (χ2v) is 10.5. The van der Waals surface area contributed by atoms with Gasteiger partial charge < -0.3 is 53.1 Å². The van der Waals surface area contributed by atoms with E-state index in [0.29, 0.717) is 23.5 Å². The Balaban J connectivity index is 1.97. The summed E-state index contributed by atoms with van der Waals surface area (Å²) in [4.78, 5) is 12.6. The summed E-state index contributed by atoms with van der Waals surface area (Å²) in [7, 11) is -2.09. The first-order chi connectivity index (χ1) is 19.3. The molecule has 2 aromatic rings. The second-order valence-electron chi connectivity index (χ2n) is 9.34. The van der Waals surface area contributed by atoms with Crippen LogP contribution in [0.3, 0.4) is 0 Å².